The van der Waals surface area contributed by atoms with Crippen molar-refractivity contribution >= 4 is 29.4 Å². The minimum absolute atomic E-state index is 0.0907. The minimum atomic E-state index is -0.322. The number of nitrogens with two attached hydrogens (primary N) is 1. The molecule has 0 amide bonds. The third kappa shape index (κ3) is 2.72. The summed E-state index contributed by atoms with van der Waals surface area (Å²) in [5.41, 5.74) is 8.26. The Morgan fingerprint density at radius 3 is 2.67 bits per heavy atom. The monoisotopic (exact) mass is 399 g/mol. The highest BCUT2D eigenvalue weighted by Gasteiger charge is 2.38. The topological polar surface area (TPSA) is 101 Å². The highest BCUT2D eigenvalue weighted by Crippen LogP contribution is 2.29. The van der Waals surface area contributed by atoms with E-state index < -0.39 is 0 Å². The summed E-state index contributed by atoms with van der Waals surface area (Å²) in [7, 11) is 0. The van der Waals surface area contributed by atoms with E-state index in [0.29, 0.717) is 22.6 Å². The van der Waals surface area contributed by atoms with E-state index in [4.69, 9.17) is 10.7 Å². The lowest BCUT2D eigenvalue weighted by molar-refractivity contribution is 0.266. The molecule has 3 atom stereocenters. The van der Waals surface area contributed by atoms with Gasteiger partial charge < -0.3 is 10.6 Å². The van der Waals surface area contributed by atoms with Crippen LogP contribution < -0.4 is 11.3 Å². The van der Waals surface area contributed by atoms with Gasteiger partial charge in [-0.3, -0.25) is 14.4 Å². The van der Waals surface area contributed by atoms with E-state index in [9.17, 15) is 4.79 Å². The van der Waals surface area contributed by atoms with Crippen LogP contribution in [0.25, 0.3) is 16.6 Å². The molecule has 8 heteroatoms. The molecule has 0 saturated heterocycles. The van der Waals surface area contributed by atoms with E-state index in [1.54, 1.807) is 10.9 Å². The highest BCUT2D eigenvalue weighted by atomic mass is 16.1. The van der Waals surface area contributed by atoms with E-state index in [1.165, 1.54) is 6.34 Å². The van der Waals surface area contributed by atoms with Crippen LogP contribution in [0.4, 0.5) is 0 Å². The maximum atomic E-state index is 13.6. The van der Waals surface area contributed by atoms with Crippen LogP contribution in [-0.4, -0.2) is 45.2 Å². The molecule has 0 saturated carbocycles. The first-order chi connectivity index (χ1) is 14.6. The molecule has 3 aromatic rings. The van der Waals surface area contributed by atoms with Crippen LogP contribution in [0.5, 0.6) is 0 Å². The summed E-state index contributed by atoms with van der Waals surface area (Å²) >= 11 is 0. The van der Waals surface area contributed by atoms with Crippen LogP contribution in [0.15, 0.2) is 68.3 Å². The standard InChI is InChI=1S/C22H21N7O/c1-13-7-6-10-16-17(13)22(30)29(15-8-4-3-5-9-15)20(27-16)14(2)28-12-26-18-19(23)24-11-25-21(18)28/h3-12,14,18,21H,1-2H3,(H2,23,24,25). The summed E-state index contributed by atoms with van der Waals surface area (Å²) < 4.78 is 1.69. The summed E-state index contributed by atoms with van der Waals surface area (Å²) in [4.78, 5) is 33.5. The fourth-order valence-electron chi connectivity index (χ4n) is 4.07. The molecule has 0 spiro atoms. The van der Waals surface area contributed by atoms with Crippen molar-refractivity contribution in [2.45, 2.75) is 32.1 Å². The molecule has 30 heavy (non-hydrogen) atoms. The minimum Gasteiger partial charge on any atom is -0.385 e. The van der Waals surface area contributed by atoms with Crippen molar-refractivity contribution in [3.63, 3.8) is 0 Å². The van der Waals surface area contributed by atoms with Crippen molar-refractivity contribution in [3.05, 3.63) is 70.3 Å². The van der Waals surface area contributed by atoms with Crippen LogP contribution in [0.3, 0.4) is 0 Å². The van der Waals surface area contributed by atoms with Crippen LogP contribution >= 0.6 is 0 Å². The molecule has 2 N–H and O–H groups in total. The molecule has 2 aliphatic rings. The summed E-state index contributed by atoms with van der Waals surface area (Å²) in [6.07, 6.45) is 2.89. The van der Waals surface area contributed by atoms with Crippen molar-refractivity contribution in [2.75, 3.05) is 0 Å². The third-order valence-electron chi connectivity index (χ3n) is 5.64. The molecule has 0 bridgehead atoms. The number of amidine groups is 1. The molecule has 150 valence electrons. The lowest BCUT2D eigenvalue weighted by atomic mass is 10.1. The average Bonchev–Trinajstić information content (AvgIpc) is 3.19. The fraction of sp³-hybridized carbons (Fsp3) is 0.227. The van der Waals surface area contributed by atoms with Gasteiger partial charge in [-0.15, -0.1) is 0 Å². The number of hydrogen-bond acceptors (Lipinski definition) is 7. The van der Waals surface area contributed by atoms with Gasteiger partial charge in [0.15, 0.2) is 6.17 Å². The lowest BCUT2D eigenvalue weighted by Gasteiger charge is -2.31. The Bertz CT molecular complexity index is 1280. The van der Waals surface area contributed by atoms with Gasteiger partial charge in [0.1, 0.15) is 24.0 Å². The molecule has 2 aliphatic heterocycles. The second-order valence-electron chi connectivity index (χ2n) is 7.48. The van der Waals surface area contributed by atoms with Gasteiger partial charge in [-0.25, -0.2) is 15.0 Å². The number of benzene rings is 2. The van der Waals surface area contributed by atoms with Crippen LogP contribution in [-0.2, 0) is 0 Å². The Morgan fingerprint density at radius 1 is 1.07 bits per heavy atom. The van der Waals surface area contributed by atoms with Crippen molar-refractivity contribution in [1.82, 2.24) is 14.5 Å². The first-order valence-corrected chi connectivity index (χ1v) is 9.79. The maximum Gasteiger partial charge on any atom is 0.266 e. The van der Waals surface area contributed by atoms with E-state index in [-0.39, 0.29) is 23.8 Å². The molecule has 1 aromatic heterocycles. The van der Waals surface area contributed by atoms with Crippen LogP contribution in [0.1, 0.15) is 24.4 Å². The van der Waals surface area contributed by atoms with Gasteiger partial charge in [0.25, 0.3) is 5.56 Å². The summed E-state index contributed by atoms with van der Waals surface area (Å²) in [5.74, 6) is 1.05. The van der Waals surface area contributed by atoms with Gasteiger partial charge in [-0.2, -0.15) is 0 Å². The first-order valence-electron chi connectivity index (χ1n) is 9.79. The number of aryl methyl sites for hydroxylation is 1. The van der Waals surface area contributed by atoms with Crippen molar-refractivity contribution < 1.29 is 0 Å². The quantitative estimate of drug-likeness (QED) is 0.729. The number of para-hydroxylation sites is 1. The Kier molecular flexibility index (Phi) is 4.20. The Balaban J connectivity index is 1.71. The Hall–Kier alpha value is -3.81. The molecule has 3 unspecified atom stereocenters. The predicted octanol–water partition coefficient (Wildman–Crippen LogP) is 2.19. The van der Waals surface area contributed by atoms with E-state index in [1.807, 2.05) is 67.3 Å². The summed E-state index contributed by atoms with van der Waals surface area (Å²) in [5, 5.41) is 0.623. The second kappa shape index (κ2) is 6.91. The number of hydrogen-bond donors (Lipinski definition) is 1. The number of rotatable bonds is 3. The van der Waals surface area contributed by atoms with Gasteiger partial charge in [0.2, 0.25) is 0 Å². The largest absolute Gasteiger partial charge is 0.385 e. The SMILES string of the molecule is Cc1cccc2nc(C(C)N3C=NC4C(N)=NC=NC43)n(-c3ccccc3)c(=O)c12. The molecule has 0 aliphatic carbocycles. The molecule has 0 fully saturated rings. The predicted molar refractivity (Wildman–Crippen MR) is 119 cm³/mol. The number of aliphatic imine (C=N–C) groups is 3. The third-order valence-corrected chi connectivity index (χ3v) is 5.64. The smallest absolute Gasteiger partial charge is 0.266 e. The van der Waals surface area contributed by atoms with Crippen LogP contribution in [0.2, 0.25) is 0 Å². The normalized spacial score (nSPS) is 21.0. The average molecular weight is 399 g/mol. The summed E-state index contributed by atoms with van der Waals surface area (Å²) in [6, 6.07) is 14.7. The molecule has 8 nitrogen and oxygen atoms in total. The molecular formula is C22H21N7O. The number of aromatic nitrogens is 2. The molecule has 3 heterocycles. The first kappa shape index (κ1) is 18.2. The van der Waals surface area contributed by atoms with Gasteiger partial charge in [0.05, 0.1) is 29.0 Å². The van der Waals surface area contributed by atoms with Crippen molar-refractivity contribution in [1.29, 1.82) is 0 Å². The van der Waals surface area contributed by atoms with Gasteiger partial charge in [-0.1, -0.05) is 30.3 Å². The van der Waals surface area contributed by atoms with Gasteiger partial charge in [0, 0.05) is 0 Å². The Morgan fingerprint density at radius 2 is 1.87 bits per heavy atom. The van der Waals surface area contributed by atoms with E-state index >= 15 is 0 Å². The van der Waals surface area contributed by atoms with Gasteiger partial charge in [-0.05, 0) is 37.6 Å². The zero-order valence-corrected chi connectivity index (χ0v) is 16.7. The fourth-order valence-corrected chi connectivity index (χ4v) is 4.07. The number of nitrogens with zero attached hydrogens (tertiary/aromatic N) is 6. The molecule has 0 radical (unpaired) electrons. The lowest BCUT2D eigenvalue weighted by Crippen LogP contribution is -2.45. The highest BCUT2D eigenvalue weighted by molar-refractivity contribution is 5.96. The van der Waals surface area contributed by atoms with Crippen LogP contribution in [0, 0.1) is 6.92 Å². The second-order valence-corrected chi connectivity index (χ2v) is 7.48. The molecular weight excluding hydrogens is 378 g/mol. The van der Waals surface area contributed by atoms with Crippen molar-refractivity contribution in [2.24, 2.45) is 20.7 Å². The van der Waals surface area contributed by atoms with E-state index in [2.05, 4.69) is 15.0 Å². The molecule has 2 aromatic carbocycles. The van der Waals surface area contributed by atoms with Crippen molar-refractivity contribution in [3.8, 4) is 5.69 Å². The van der Waals surface area contributed by atoms with E-state index in [0.717, 1.165) is 11.3 Å². The number of fused-ring (bicyclic) bond motifs is 2. The summed E-state index contributed by atoms with van der Waals surface area (Å²) in [6.45, 7) is 3.93. The molecule has 5 rings (SSSR count). The zero-order chi connectivity index (χ0) is 20.8. The van der Waals surface area contributed by atoms with Gasteiger partial charge >= 0.3 is 0 Å². The zero-order valence-electron chi connectivity index (χ0n) is 16.7. The Labute approximate surface area is 173 Å². The maximum absolute atomic E-state index is 13.6.